The van der Waals surface area contributed by atoms with Crippen LogP contribution in [0.25, 0.3) is 0 Å². The summed E-state index contributed by atoms with van der Waals surface area (Å²) in [4.78, 5) is 52.6. The molecule has 3 amide bonds. The molecule has 3 aliphatic rings. The van der Waals surface area contributed by atoms with Gasteiger partial charge < -0.3 is 19.4 Å². The van der Waals surface area contributed by atoms with E-state index in [2.05, 4.69) is 31.7 Å². The number of unbranched alkanes of at least 4 members (excludes halogenated alkanes) is 1. The molecular formula is C34H47N5O4. The Labute approximate surface area is 256 Å². The summed E-state index contributed by atoms with van der Waals surface area (Å²) in [5.74, 6) is 0.0996. The summed E-state index contributed by atoms with van der Waals surface area (Å²) in [7, 11) is 0. The molecule has 3 aliphatic heterocycles. The lowest BCUT2D eigenvalue weighted by molar-refractivity contribution is -0.119. The first-order valence-electron chi connectivity index (χ1n) is 15.7. The summed E-state index contributed by atoms with van der Waals surface area (Å²) in [5, 5.41) is 0. The normalized spacial score (nSPS) is 19.9. The highest BCUT2D eigenvalue weighted by atomic mass is 16.6. The van der Waals surface area contributed by atoms with Crippen molar-refractivity contribution in [3.63, 3.8) is 0 Å². The molecule has 0 bridgehead atoms. The van der Waals surface area contributed by atoms with Crippen molar-refractivity contribution in [2.45, 2.75) is 90.8 Å². The quantitative estimate of drug-likeness (QED) is 0.430. The van der Waals surface area contributed by atoms with Gasteiger partial charge in [0.05, 0.1) is 11.4 Å². The Bertz CT molecular complexity index is 1370. The smallest absolute Gasteiger partial charge is 0.410 e. The summed E-state index contributed by atoms with van der Waals surface area (Å²) in [6, 6.07) is 9.76. The molecule has 9 heteroatoms. The van der Waals surface area contributed by atoms with E-state index in [1.54, 1.807) is 4.90 Å². The zero-order valence-corrected chi connectivity index (χ0v) is 26.7. The Morgan fingerprint density at radius 3 is 2.63 bits per heavy atom. The average molecular weight is 590 g/mol. The molecule has 43 heavy (non-hydrogen) atoms. The largest absolute Gasteiger partial charge is 0.444 e. The average Bonchev–Trinajstić information content (AvgIpc) is 3.42. The lowest BCUT2D eigenvalue weighted by atomic mass is 9.91. The fourth-order valence-corrected chi connectivity index (χ4v) is 6.46. The SMILES string of the molecule is CCCCc1cnc2c(c1)N(C(=O)CCN1CCN(C(=O)OC(C)(C)C)C[C@@H]1CN1Cc3ccccc3C1=O)CC2(C)C. The number of benzene rings is 1. The second kappa shape index (κ2) is 12.3. The van der Waals surface area contributed by atoms with Crippen molar-refractivity contribution in [1.82, 2.24) is 19.7 Å². The summed E-state index contributed by atoms with van der Waals surface area (Å²) in [6.07, 6.45) is 5.15. The predicted molar refractivity (Wildman–Crippen MR) is 167 cm³/mol. The molecule has 0 spiro atoms. The van der Waals surface area contributed by atoms with Gasteiger partial charge in [-0.3, -0.25) is 19.5 Å². The number of carbonyl (C=O) groups excluding carboxylic acids is 3. The minimum absolute atomic E-state index is 0.0169. The van der Waals surface area contributed by atoms with E-state index in [4.69, 9.17) is 9.72 Å². The van der Waals surface area contributed by atoms with E-state index in [-0.39, 0.29) is 29.4 Å². The van der Waals surface area contributed by atoms with Crippen molar-refractivity contribution in [3.05, 3.63) is 58.9 Å². The van der Waals surface area contributed by atoms with Crippen LogP contribution in [0.3, 0.4) is 0 Å². The summed E-state index contributed by atoms with van der Waals surface area (Å²) in [6.45, 7) is 15.8. The number of fused-ring (bicyclic) bond motifs is 2. The summed E-state index contributed by atoms with van der Waals surface area (Å²) < 4.78 is 5.68. The molecule has 5 rings (SSSR count). The molecule has 0 saturated carbocycles. The highest BCUT2D eigenvalue weighted by Crippen LogP contribution is 2.40. The predicted octanol–water partition coefficient (Wildman–Crippen LogP) is 5.02. The van der Waals surface area contributed by atoms with Crippen LogP contribution in [0, 0.1) is 0 Å². The fourth-order valence-electron chi connectivity index (χ4n) is 6.46. The third kappa shape index (κ3) is 6.87. The van der Waals surface area contributed by atoms with Crippen LogP contribution in [-0.2, 0) is 27.9 Å². The van der Waals surface area contributed by atoms with Crippen molar-refractivity contribution in [2.24, 2.45) is 0 Å². The van der Waals surface area contributed by atoms with Gasteiger partial charge in [-0.2, -0.15) is 0 Å². The molecule has 1 fully saturated rings. The van der Waals surface area contributed by atoms with E-state index in [0.29, 0.717) is 52.2 Å². The highest BCUT2D eigenvalue weighted by molar-refractivity contribution is 5.98. The number of carbonyl (C=O) groups is 3. The second-order valence-corrected chi connectivity index (χ2v) is 13.9. The van der Waals surface area contributed by atoms with Gasteiger partial charge in [-0.05, 0) is 56.9 Å². The van der Waals surface area contributed by atoms with E-state index in [1.165, 1.54) is 5.56 Å². The molecule has 4 heterocycles. The van der Waals surface area contributed by atoms with E-state index in [1.807, 2.05) is 61.0 Å². The van der Waals surface area contributed by atoms with Gasteiger partial charge in [0.25, 0.3) is 5.91 Å². The lowest BCUT2D eigenvalue weighted by Gasteiger charge is -2.43. The molecular weight excluding hydrogens is 542 g/mol. The number of pyridine rings is 1. The number of amides is 3. The van der Waals surface area contributed by atoms with E-state index in [9.17, 15) is 14.4 Å². The van der Waals surface area contributed by atoms with Gasteiger partial charge in [0.1, 0.15) is 5.60 Å². The van der Waals surface area contributed by atoms with Gasteiger partial charge in [-0.25, -0.2) is 4.79 Å². The molecule has 1 atom stereocenters. The van der Waals surface area contributed by atoms with Crippen LogP contribution in [0.2, 0.25) is 0 Å². The van der Waals surface area contributed by atoms with Crippen LogP contribution >= 0.6 is 0 Å². The number of nitrogens with zero attached hydrogens (tertiary/aromatic N) is 5. The first-order valence-corrected chi connectivity index (χ1v) is 15.7. The standard InChI is InChI=1S/C34H47N5O4/c1-7-8-11-24-18-28-30(35-19-24)34(5,6)23-39(28)29(40)14-15-36-16-17-37(32(42)43-33(2,3)4)21-26(36)22-38-20-25-12-9-10-13-27(25)31(38)41/h9-10,12-13,18-19,26H,7-8,11,14-17,20-23H2,1-6H3/t26-/m1/s1. The molecule has 0 unspecified atom stereocenters. The van der Waals surface area contributed by atoms with E-state index >= 15 is 0 Å². The van der Waals surface area contributed by atoms with Crippen LogP contribution < -0.4 is 4.90 Å². The summed E-state index contributed by atoms with van der Waals surface area (Å²) >= 11 is 0. The first kappa shape index (κ1) is 31.0. The minimum atomic E-state index is -0.590. The van der Waals surface area contributed by atoms with Crippen molar-refractivity contribution in [2.75, 3.05) is 44.2 Å². The molecule has 1 aromatic carbocycles. The Morgan fingerprint density at radius 2 is 1.91 bits per heavy atom. The molecule has 0 aliphatic carbocycles. The third-order valence-electron chi connectivity index (χ3n) is 8.73. The molecule has 9 nitrogen and oxygen atoms in total. The number of aryl methyl sites for hydroxylation is 1. The zero-order valence-electron chi connectivity index (χ0n) is 26.7. The van der Waals surface area contributed by atoms with Crippen LogP contribution in [0.5, 0.6) is 0 Å². The van der Waals surface area contributed by atoms with E-state index in [0.717, 1.165) is 41.8 Å². The van der Waals surface area contributed by atoms with Crippen LogP contribution in [0.1, 0.15) is 88.0 Å². The van der Waals surface area contributed by atoms with Crippen molar-refractivity contribution < 1.29 is 19.1 Å². The maximum atomic E-state index is 13.8. The number of aromatic nitrogens is 1. The molecule has 2 aromatic rings. The van der Waals surface area contributed by atoms with Crippen molar-refractivity contribution >= 4 is 23.6 Å². The van der Waals surface area contributed by atoms with Gasteiger partial charge >= 0.3 is 6.09 Å². The first-order chi connectivity index (χ1) is 20.4. The molecule has 0 radical (unpaired) electrons. The maximum Gasteiger partial charge on any atom is 0.410 e. The number of hydrogen-bond acceptors (Lipinski definition) is 6. The fraction of sp³-hybridized carbons (Fsp3) is 0.588. The monoisotopic (exact) mass is 589 g/mol. The van der Waals surface area contributed by atoms with Crippen molar-refractivity contribution in [1.29, 1.82) is 0 Å². The number of piperazine rings is 1. The lowest BCUT2D eigenvalue weighted by Crippen LogP contribution is -2.59. The minimum Gasteiger partial charge on any atom is -0.444 e. The number of anilines is 1. The number of ether oxygens (including phenoxy) is 1. The topological polar surface area (TPSA) is 86.3 Å². The second-order valence-electron chi connectivity index (χ2n) is 13.9. The zero-order chi connectivity index (χ0) is 30.9. The van der Waals surface area contributed by atoms with Crippen LogP contribution in [0.15, 0.2) is 36.5 Å². The van der Waals surface area contributed by atoms with Gasteiger partial charge in [-0.1, -0.05) is 45.4 Å². The van der Waals surface area contributed by atoms with Crippen LogP contribution in [0.4, 0.5) is 10.5 Å². The third-order valence-corrected chi connectivity index (χ3v) is 8.73. The summed E-state index contributed by atoms with van der Waals surface area (Å²) in [5.41, 5.74) is 4.06. The molecule has 1 aromatic heterocycles. The van der Waals surface area contributed by atoms with Gasteiger partial charge in [-0.15, -0.1) is 0 Å². The van der Waals surface area contributed by atoms with E-state index < -0.39 is 5.60 Å². The van der Waals surface area contributed by atoms with Gasteiger partial charge in [0, 0.05) is 75.5 Å². The van der Waals surface area contributed by atoms with Gasteiger partial charge in [0.15, 0.2) is 0 Å². The van der Waals surface area contributed by atoms with Crippen LogP contribution in [-0.4, -0.2) is 88.5 Å². The molecule has 0 N–H and O–H groups in total. The number of hydrogen-bond donors (Lipinski definition) is 0. The molecule has 1 saturated heterocycles. The van der Waals surface area contributed by atoms with Gasteiger partial charge in [0.2, 0.25) is 5.91 Å². The maximum absolute atomic E-state index is 13.8. The Kier molecular flexibility index (Phi) is 8.84. The Hall–Kier alpha value is -3.46. The van der Waals surface area contributed by atoms with Crippen molar-refractivity contribution in [3.8, 4) is 0 Å². The highest BCUT2D eigenvalue weighted by Gasteiger charge is 2.40. The molecule has 232 valence electrons. The number of rotatable bonds is 8. The Morgan fingerprint density at radius 1 is 1.14 bits per heavy atom. The Balaban J connectivity index is 1.29.